The molecule has 1 amide bonds. The maximum absolute atomic E-state index is 13.9. The zero-order valence-electron chi connectivity index (χ0n) is 18.2. The molecule has 1 aliphatic rings. The third-order valence-corrected chi connectivity index (χ3v) is 5.68. The average molecular weight is 413 g/mol. The number of hydrogen-bond acceptors (Lipinski definition) is 3. The summed E-state index contributed by atoms with van der Waals surface area (Å²) in [5, 5.41) is 0. The van der Waals surface area contributed by atoms with Gasteiger partial charge in [0.15, 0.2) is 0 Å². The van der Waals surface area contributed by atoms with Crippen LogP contribution >= 0.6 is 0 Å². The highest BCUT2D eigenvalue weighted by Crippen LogP contribution is 2.19. The van der Waals surface area contributed by atoms with Crippen LogP contribution in [0.4, 0.5) is 4.39 Å². The van der Waals surface area contributed by atoms with Crippen molar-refractivity contribution >= 4 is 5.91 Å². The molecule has 0 atom stereocenters. The Labute approximate surface area is 179 Å². The van der Waals surface area contributed by atoms with Gasteiger partial charge in [0.25, 0.3) is 0 Å². The number of rotatable bonds is 8. The minimum Gasteiger partial charge on any atom is -0.493 e. The maximum Gasteiger partial charge on any atom is 0.222 e. The van der Waals surface area contributed by atoms with Crippen molar-refractivity contribution in [1.82, 2.24) is 9.80 Å². The lowest BCUT2D eigenvalue weighted by Crippen LogP contribution is -2.35. The number of halogens is 1. The van der Waals surface area contributed by atoms with E-state index in [1.165, 1.54) is 11.6 Å². The molecular formula is C25H33FN2O2. The second-order valence-corrected chi connectivity index (χ2v) is 8.18. The molecule has 162 valence electrons. The van der Waals surface area contributed by atoms with E-state index in [4.69, 9.17) is 4.74 Å². The molecule has 1 saturated heterocycles. The summed E-state index contributed by atoms with van der Waals surface area (Å²) in [4.78, 5) is 16.8. The molecule has 0 saturated carbocycles. The Balaban J connectivity index is 1.36. The topological polar surface area (TPSA) is 32.8 Å². The van der Waals surface area contributed by atoms with Crippen LogP contribution < -0.4 is 4.74 Å². The van der Waals surface area contributed by atoms with Gasteiger partial charge in [-0.15, -0.1) is 0 Å². The zero-order valence-corrected chi connectivity index (χ0v) is 18.2. The number of carbonyl (C=O) groups is 1. The van der Waals surface area contributed by atoms with E-state index in [-0.39, 0.29) is 11.7 Å². The van der Waals surface area contributed by atoms with Crippen LogP contribution in [0.3, 0.4) is 0 Å². The third-order valence-electron chi connectivity index (χ3n) is 5.68. The smallest absolute Gasteiger partial charge is 0.222 e. The quantitative estimate of drug-likeness (QED) is 0.588. The van der Waals surface area contributed by atoms with E-state index < -0.39 is 0 Å². The van der Waals surface area contributed by atoms with Gasteiger partial charge in [0.1, 0.15) is 11.6 Å². The highest BCUT2D eigenvalue weighted by molar-refractivity contribution is 5.76. The minimum atomic E-state index is -0.155. The summed E-state index contributed by atoms with van der Waals surface area (Å²) in [5.74, 6) is 0.996. The van der Waals surface area contributed by atoms with Gasteiger partial charge in [-0.2, -0.15) is 0 Å². The van der Waals surface area contributed by atoms with Gasteiger partial charge >= 0.3 is 0 Å². The summed E-state index contributed by atoms with van der Waals surface area (Å²) in [7, 11) is 0. The Hall–Kier alpha value is -2.40. The van der Waals surface area contributed by atoms with Gasteiger partial charge < -0.3 is 9.64 Å². The Morgan fingerprint density at radius 3 is 2.70 bits per heavy atom. The molecule has 1 heterocycles. The molecule has 4 nitrogen and oxygen atoms in total. The number of benzene rings is 2. The summed E-state index contributed by atoms with van der Waals surface area (Å²) in [5.41, 5.74) is 3.05. The van der Waals surface area contributed by atoms with Crippen molar-refractivity contribution in [3.63, 3.8) is 0 Å². The number of carbonyl (C=O) groups excluding carboxylic acids is 1. The fourth-order valence-electron chi connectivity index (χ4n) is 3.83. The number of ether oxygens (including phenoxy) is 1. The summed E-state index contributed by atoms with van der Waals surface area (Å²) < 4.78 is 19.8. The van der Waals surface area contributed by atoms with Crippen molar-refractivity contribution in [2.45, 2.75) is 46.1 Å². The normalized spacial score (nSPS) is 15.1. The first kappa shape index (κ1) is 22.3. The molecule has 0 radical (unpaired) electrons. The lowest BCUT2D eigenvalue weighted by Gasteiger charge is -2.22. The van der Waals surface area contributed by atoms with Crippen molar-refractivity contribution in [2.75, 3.05) is 32.8 Å². The monoisotopic (exact) mass is 412 g/mol. The van der Waals surface area contributed by atoms with Crippen molar-refractivity contribution in [3.8, 4) is 5.75 Å². The van der Waals surface area contributed by atoms with E-state index >= 15 is 0 Å². The predicted molar refractivity (Wildman–Crippen MR) is 118 cm³/mol. The van der Waals surface area contributed by atoms with Gasteiger partial charge in [-0.25, -0.2) is 4.39 Å². The van der Waals surface area contributed by atoms with E-state index in [0.717, 1.165) is 55.8 Å². The van der Waals surface area contributed by atoms with Gasteiger partial charge in [-0.3, -0.25) is 9.69 Å². The molecule has 1 aliphatic heterocycles. The zero-order chi connectivity index (χ0) is 21.3. The number of hydrogen-bond donors (Lipinski definition) is 0. The molecule has 5 heteroatoms. The summed E-state index contributed by atoms with van der Waals surface area (Å²) in [6.07, 6.45) is 3.19. The van der Waals surface area contributed by atoms with Gasteiger partial charge in [-0.1, -0.05) is 30.3 Å². The summed E-state index contributed by atoms with van der Waals surface area (Å²) in [6.45, 7) is 8.52. The largest absolute Gasteiger partial charge is 0.493 e. The minimum absolute atomic E-state index is 0.155. The maximum atomic E-state index is 13.9. The molecule has 0 bridgehead atoms. The number of amides is 1. The fraction of sp³-hybridized carbons (Fsp3) is 0.480. The first-order valence-electron chi connectivity index (χ1n) is 11.0. The van der Waals surface area contributed by atoms with Crippen LogP contribution in [0.2, 0.25) is 0 Å². The van der Waals surface area contributed by atoms with Crippen LogP contribution in [0.15, 0.2) is 42.5 Å². The van der Waals surface area contributed by atoms with Crippen molar-refractivity contribution in [3.05, 3.63) is 65.0 Å². The summed E-state index contributed by atoms with van der Waals surface area (Å²) >= 11 is 0. The molecule has 0 aromatic heterocycles. The van der Waals surface area contributed by atoms with Crippen LogP contribution in [-0.4, -0.2) is 48.5 Å². The SMILES string of the molecule is Cc1ccc(C)c(OCCCCC(=O)N2CCCN(Cc3ccccc3F)CC2)c1. The Kier molecular flexibility index (Phi) is 8.26. The van der Waals surface area contributed by atoms with Gasteiger partial charge in [0.2, 0.25) is 5.91 Å². The van der Waals surface area contributed by atoms with E-state index in [9.17, 15) is 9.18 Å². The standard InChI is InChI=1S/C25H33FN2O2/c1-20-11-12-21(2)24(18-20)30-17-6-5-10-25(29)28-14-7-13-27(15-16-28)19-22-8-3-4-9-23(22)26/h3-4,8-9,11-12,18H,5-7,10,13-17,19H2,1-2H3. The molecule has 0 unspecified atom stereocenters. The highest BCUT2D eigenvalue weighted by Gasteiger charge is 2.19. The van der Waals surface area contributed by atoms with Crippen LogP contribution in [0, 0.1) is 19.7 Å². The fourth-order valence-corrected chi connectivity index (χ4v) is 3.83. The van der Waals surface area contributed by atoms with Gasteiger partial charge in [0, 0.05) is 44.7 Å². The Morgan fingerprint density at radius 2 is 1.87 bits per heavy atom. The van der Waals surface area contributed by atoms with Crippen molar-refractivity contribution in [1.29, 1.82) is 0 Å². The molecule has 30 heavy (non-hydrogen) atoms. The molecule has 2 aromatic carbocycles. The lowest BCUT2D eigenvalue weighted by molar-refractivity contribution is -0.131. The third kappa shape index (κ3) is 6.56. The molecular weight excluding hydrogens is 379 g/mol. The molecule has 0 N–H and O–H groups in total. The van der Waals surface area contributed by atoms with Crippen LogP contribution in [-0.2, 0) is 11.3 Å². The van der Waals surface area contributed by atoms with Crippen LogP contribution in [0.25, 0.3) is 0 Å². The number of aryl methyl sites for hydroxylation is 2. The van der Waals surface area contributed by atoms with E-state index in [1.54, 1.807) is 6.07 Å². The van der Waals surface area contributed by atoms with Gasteiger partial charge in [0.05, 0.1) is 6.61 Å². The Bertz CT molecular complexity index is 840. The second kappa shape index (κ2) is 11.1. The first-order valence-corrected chi connectivity index (χ1v) is 11.0. The predicted octanol–water partition coefficient (Wildman–Crippen LogP) is 4.73. The molecule has 0 aliphatic carbocycles. The molecule has 1 fully saturated rings. The highest BCUT2D eigenvalue weighted by atomic mass is 19.1. The van der Waals surface area contributed by atoms with Crippen LogP contribution in [0.1, 0.15) is 42.4 Å². The van der Waals surface area contributed by atoms with Crippen molar-refractivity contribution in [2.24, 2.45) is 0 Å². The van der Waals surface area contributed by atoms with Crippen molar-refractivity contribution < 1.29 is 13.9 Å². The lowest BCUT2D eigenvalue weighted by atomic mass is 10.1. The Morgan fingerprint density at radius 1 is 1.03 bits per heavy atom. The van der Waals surface area contributed by atoms with E-state index in [1.807, 2.05) is 24.0 Å². The second-order valence-electron chi connectivity index (χ2n) is 8.18. The first-order chi connectivity index (χ1) is 14.5. The average Bonchev–Trinajstić information content (AvgIpc) is 2.97. The number of nitrogens with zero attached hydrogens (tertiary/aromatic N) is 2. The van der Waals surface area contributed by atoms with E-state index in [0.29, 0.717) is 26.1 Å². The summed E-state index contributed by atoms with van der Waals surface area (Å²) in [6, 6.07) is 13.1. The number of unbranched alkanes of at least 4 members (excludes halogenated alkanes) is 1. The van der Waals surface area contributed by atoms with E-state index in [2.05, 4.69) is 30.0 Å². The molecule has 0 spiro atoms. The van der Waals surface area contributed by atoms with Crippen LogP contribution in [0.5, 0.6) is 5.75 Å². The molecule has 3 rings (SSSR count). The molecule has 2 aromatic rings. The van der Waals surface area contributed by atoms with Gasteiger partial charge in [-0.05, 0) is 56.4 Å².